The number of unbranched alkanes of at least 4 members (excludes halogenated alkanes) is 10. The van der Waals surface area contributed by atoms with E-state index < -0.39 is 5.41 Å². The van der Waals surface area contributed by atoms with E-state index in [9.17, 15) is 10.1 Å². The van der Waals surface area contributed by atoms with Crippen molar-refractivity contribution in [3.63, 3.8) is 0 Å². The molecular weight excluding hydrogens is 502 g/mol. The molecule has 1 saturated carbocycles. The Bertz CT molecular complexity index is 1070. The number of rotatable bonds is 18. The second-order valence-corrected chi connectivity index (χ2v) is 12.6. The lowest BCUT2D eigenvalue weighted by molar-refractivity contribution is -0.142. The van der Waals surface area contributed by atoms with E-state index in [2.05, 4.69) is 51.1 Å². The zero-order valence-corrected chi connectivity index (χ0v) is 26.3. The van der Waals surface area contributed by atoms with Gasteiger partial charge in [0.25, 0.3) is 0 Å². The van der Waals surface area contributed by atoms with Crippen LogP contribution in [0.2, 0.25) is 0 Å². The molecule has 0 aliphatic heterocycles. The molecule has 0 aromatic heterocycles. The smallest absolute Gasteiger partial charge is 0.321 e. The topological polar surface area (TPSA) is 50.1 Å². The van der Waals surface area contributed by atoms with Crippen molar-refractivity contribution in [3.8, 4) is 11.8 Å². The molecule has 0 N–H and O–H groups in total. The van der Waals surface area contributed by atoms with E-state index in [4.69, 9.17) is 4.74 Å². The van der Waals surface area contributed by atoms with Gasteiger partial charge in [0.1, 0.15) is 11.8 Å². The van der Waals surface area contributed by atoms with E-state index in [-0.39, 0.29) is 5.97 Å². The fourth-order valence-electron chi connectivity index (χ4n) is 6.49. The highest BCUT2D eigenvalue weighted by molar-refractivity contribution is 5.85. The lowest BCUT2D eigenvalue weighted by atomic mass is 9.69. The number of aryl methyl sites for hydroxylation is 1. The largest absolute Gasteiger partial charge is 0.424 e. The van der Waals surface area contributed by atoms with Crippen molar-refractivity contribution < 1.29 is 9.53 Å². The van der Waals surface area contributed by atoms with Gasteiger partial charge in [-0.05, 0) is 66.8 Å². The number of carbonyl (C=O) groups is 1. The third kappa shape index (κ3) is 10.0. The van der Waals surface area contributed by atoms with Crippen molar-refractivity contribution in [1.82, 2.24) is 0 Å². The molecular formula is C38H55NO2. The van der Waals surface area contributed by atoms with Crippen LogP contribution in [0.3, 0.4) is 0 Å². The monoisotopic (exact) mass is 557 g/mol. The van der Waals surface area contributed by atoms with Crippen LogP contribution in [0.25, 0.3) is 0 Å². The number of nitrogens with zero attached hydrogens (tertiary/aromatic N) is 1. The van der Waals surface area contributed by atoms with Crippen LogP contribution < -0.4 is 4.74 Å². The second kappa shape index (κ2) is 18.0. The standard InChI is InChI=1S/C38H55NO2/c1-4-6-8-10-11-12-13-16-20-32-21-24-35(25-22-32)38(27-17-14-18-28-38)37(40)41-36-26-23-33(29-34(36)30-39)31(3)19-15-9-7-5-2/h21-26,29,31H,4-20,27-28H2,1-3H3. The molecule has 1 atom stereocenters. The molecule has 41 heavy (non-hydrogen) atoms. The van der Waals surface area contributed by atoms with Gasteiger partial charge in [0, 0.05) is 0 Å². The third-order valence-corrected chi connectivity index (χ3v) is 9.31. The van der Waals surface area contributed by atoms with E-state index in [1.807, 2.05) is 18.2 Å². The van der Waals surface area contributed by atoms with Gasteiger partial charge in [0.2, 0.25) is 0 Å². The molecule has 2 aromatic carbocycles. The van der Waals surface area contributed by atoms with Crippen LogP contribution in [0.4, 0.5) is 0 Å². The molecule has 1 fully saturated rings. The number of benzene rings is 2. The molecule has 3 heteroatoms. The predicted octanol–water partition coefficient (Wildman–Crippen LogP) is 11.1. The summed E-state index contributed by atoms with van der Waals surface area (Å²) in [4.78, 5) is 13.9. The van der Waals surface area contributed by atoms with Gasteiger partial charge in [0.15, 0.2) is 0 Å². The molecule has 3 nitrogen and oxygen atoms in total. The highest BCUT2D eigenvalue weighted by atomic mass is 16.5. The second-order valence-electron chi connectivity index (χ2n) is 12.6. The molecule has 0 spiro atoms. The molecule has 2 aromatic rings. The average molecular weight is 558 g/mol. The first-order chi connectivity index (χ1) is 20.0. The van der Waals surface area contributed by atoms with E-state index >= 15 is 0 Å². The number of ether oxygens (including phenoxy) is 1. The fourth-order valence-corrected chi connectivity index (χ4v) is 6.49. The Kier molecular flexibility index (Phi) is 14.5. The van der Waals surface area contributed by atoms with E-state index in [0.29, 0.717) is 17.2 Å². The Labute approximate surface area is 251 Å². The molecule has 1 aliphatic carbocycles. The molecule has 0 amide bonds. The third-order valence-electron chi connectivity index (χ3n) is 9.31. The highest BCUT2D eigenvalue weighted by Gasteiger charge is 2.43. The SMILES string of the molecule is CCCCCCCCCCc1ccc(C2(C(=O)Oc3ccc(C(C)CCCCCC)cc3C#N)CCCCC2)cc1. The van der Waals surface area contributed by atoms with E-state index in [1.165, 1.54) is 82.6 Å². The first kappa shape index (κ1) is 32.9. The van der Waals surface area contributed by atoms with Crippen LogP contribution in [0.5, 0.6) is 5.75 Å². The van der Waals surface area contributed by atoms with Gasteiger partial charge in [-0.15, -0.1) is 0 Å². The normalized spacial score (nSPS) is 15.3. The minimum absolute atomic E-state index is 0.204. The molecule has 0 bridgehead atoms. The van der Waals surface area contributed by atoms with Crippen molar-refractivity contribution in [1.29, 1.82) is 5.26 Å². The summed E-state index contributed by atoms with van der Waals surface area (Å²) in [5, 5.41) is 9.92. The summed E-state index contributed by atoms with van der Waals surface area (Å²) >= 11 is 0. The zero-order chi connectivity index (χ0) is 29.3. The molecule has 0 saturated heterocycles. The van der Waals surface area contributed by atoms with Crippen molar-refractivity contribution in [2.45, 2.75) is 154 Å². The number of esters is 1. The summed E-state index contributed by atoms with van der Waals surface area (Å²) in [6, 6.07) is 16.9. The molecule has 1 aliphatic rings. The Balaban J connectivity index is 1.63. The van der Waals surface area contributed by atoms with E-state index in [0.717, 1.165) is 56.1 Å². The molecule has 224 valence electrons. The maximum atomic E-state index is 13.9. The number of nitriles is 1. The summed E-state index contributed by atoms with van der Waals surface area (Å²) in [6.45, 7) is 6.72. The minimum Gasteiger partial charge on any atom is -0.424 e. The molecule has 1 unspecified atom stereocenters. The minimum atomic E-state index is -0.632. The van der Waals surface area contributed by atoms with Gasteiger partial charge < -0.3 is 4.74 Å². The summed E-state index contributed by atoms with van der Waals surface area (Å²) in [5.41, 5.74) is 3.40. The molecule has 0 radical (unpaired) electrons. The summed E-state index contributed by atoms with van der Waals surface area (Å²) in [5.74, 6) is 0.582. The maximum absolute atomic E-state index is 13.9. The van der Waals surface area contributed by atoms with Crippen molar-refractivity contribution in [3.05, 3.63) is 64.7 Å². The van der Waals surface area contributed by atoms with Crippen LogP contribution in [0.1, 0.15) is 165 Å². The molecule has 3 rings (SSSR count). The van der Waals surface area contributed by atoms with Crippen LogP contribution in [0.15, 0.2) is 42.5 Å². The van der Waals surface area contributed by atoms with Gasteiger partial charge in [-0.25, -0.2) is 0 Å². The van der Waals surface area contributed by atoms with Gasteiger partial charge in [0.05, 0.1) is 11.0 Å². The van der Waals surface area contributed by atoms with Gasteiger partial charge in [-0.1, -0.05) is 141 Å². The number of hydrogen-bond donors (Lipinski definition) is 0. The average Bonchev–Trinajstić information content (AvgIpc) is 3.01. The van der Waals surface area contributed by atoms with Crippen LogP contribution in [0, 0.1) is 11.3 Å². The summed E-state index contributed by atoms with van der Waals surface area (Å²) in [6.07, 6.45) is 22.6. The lowest BCUT2D eigenvalue weighted by Crippen LogP contribution is -2.41. The van der Waals surface area contributed by atoms with Crippen LogP contribution in [-0.2, 0) is 16.6 Å². The quantitative estimate of drug-likeness (QED) is 0.104. The van der Waals surface area contributed by atoms with Crippen LogP contribution >= 0.6 is 0 Å². The van der Waals surface area contributed by atoms with Gasteiger partial charge >= 0.3 is 5.97 Å². The van der Waals surface area contributed by atoms with Gasteiger partial charge in [-0.3, -0.25) is 4.79 Å². The summed E-state index contributed by atoms with van der Waals surface area (Å²) < 4.78 is 6.08. The van der Waals surface area contributed by atoms with Crippen molar-refractivity contribution >= 4 is 5.97 Å². The number of carbonyl (C=O) groups excluding carboxylic acids is 1. The Morgan fingerprint density at radius 2 is 1.44 bits per heavy atom. The maximum Gasteiger partial charge on any atom is 0.321 e. The lowest BCUT2D eigenvalue weighted by Gasteiger charge is -2.35. The Morgan fingerprint density at radius 1 is 0.829 bits per heavy atom. The molecule has 0 heterocycles. The summed E-state index contributed by atoms with van der Waals surface area (Å²) in [7, 11) is 0. The first-order valence-electron chi connectivity index (χ1n) is 16.9. The van der Waals surface area contributed by atoms with Crippen molar-refractivity contribution in [2.75, 3.05) is 0 Å². The predicted molar refractivity (Wildman–Crippen MR) is 171 cm³/mol. The Morgan fingerprint density at radius 3 is 2.07 bits per heavy atom. The number of hydrogen-bond acceptors (Lipinski definition) is 3. The zero-order valence-electron chi connectivity index (χ0n) is 26.3. The van der Waals surface area contributed by atoms with Crippen LogP contribution in [-0.4, -0.2) is 5.97 Å². The highest BCUT2D eigenvalue weighted by Crippen LogP contribution is 2.41. The van der Waals surface area contributed by atoms with Gasteiger partial charge in [-0.2, -0.15) is 5.26 Å². The fraction of sp³-hybridized carbons (Fsp3) is 0.632. The van der Waals surface area contributed by atoms with E-state index in [1.54, 1.807) is 0 Å². The first-order valence-corrected chi connectivity index (χ1v) is 16.9. The van der Waals surface area contributed by atoms with Crippen molar-refractivity contribution in [2.24, 2.45) is 0 Å². The Hall–Kier alpha value is -2.60.